The van der Waals surface area contributed by atoms with Gasteiger partial charge in [0.15, 0.2) is 0 Å². The van der Waals surface area contributed by atoms with Gasteiger partial charge in [0.05, 0.1) is 11.2 Å². The summed E-state index contributed by atoms with van der Waals surface area (Å²) in [5, 5.41) is 1.76. The van der Waals surface area contributed by atoms with Gasteiger partial charge in [0.2, 0.25) is 11.8 Å². The monoisotopic (exact) mass is 517 g/mol. The van der Waals surface area contributed by atoms with Crippen LogP contribution in [0, 0.1) is 6.92 Å². The van der Waals surface area contributed by atoms with Crippen LogP contribution in [0.4, 0.5) is 5.69 Å². The lowest BCUT2D eigenvalue weighted by Crippen LogP contribution is -2.30. The third-order valence-electron chi connectivity index (χ3n) is 7.26. The molecule has 202 valence electrons. The van der Waals surface area contributed by atoms with Gasteiger partial charge >= 0.3 is 0 Å². The molecule has 1 aromatic heterocycles. The quantitative estimate of drug-likeness (QED) is 0.199. The van der Waals surface area contributed by atoms with Crippen LogP contribution in [-0.2, 0) is 16.1 Å². The number of aryl methyl sites for hydroxylation is 1. The number of carbonyl (C=O) groups is 2. The van der Waals surface area contributed by atoms with Crippen LogP contribution in [0.3, 0.4) is 0 Å². The van der Waals surface area contributed by atoms with Crippen molar-refractivity contribution >= 4 is 40.0 Å². The van der Waals surface area contributed by atoms with Crippen LogP contribution in [0.25, 0.3) is 10.9 Å². The molecule has 0 saturated heterocycles. The number of hydrogen-bond donors (Lipinski definition) is 0. The minimum absolute atomic E-state index is 0.0864. The standard InChI is InChI=1S/C30H48ClN3O2/c1-6-8-21-32(5)29(36)18-16-14-12-10-9-11-13-15-17-22-34(25(4)35)30-24(3)33(7-2)28-20-19-26(31)23-27(28)30/h19-20,23H,6-18,21-22H2,1-5H3. The highest BCUT2D eigenvalue weighted by Crippen LogP contribution is 2.35. The summed E-state index contributed by atoms with van der Waals surface area (Å²) in [4.78, 5) is 28.5. The van der Waals surface area contributed by atoms with Crippen LogP contribution in [0.15, 0.2) is 18.2 Å². The largest absolute Gasteiger partial charge is 0.346 e. The molecule has 0 aliphatic carbocycles. The first-order valence-corrected chi connectivity index (χ1v) is 14.5. The summed E-state index contributed by atoms with van der Waals surface area (Å²) in [6.07, 6.45) is 13.4. The van der Waals surface area contributed by atoms with Crippen LogP contribution in [0.2, 0.25) is 5.02 Å². The molecule has 1 heterocycles. The van der Waals surface area contributed by atoms with E-state index in [0.717, 1.165) is 80.4 Å². The Morgan fingerprint density at radius 3 is 2.08 bits per heavy atom. The first-order valence-electron chi connectivity index (χ1n) is 14.1. The molecule has 5 nitrogen and oxygen atoms in total. The minimum Gasteiger partial charge on any atom is -0.346 e. The van der Waals surface area contributed by atoms with Gasteiger partial charge in [-0.2, -0.15) is 0 Å². The van der Waals surface area contributed by atoms with Crippen LogP contribution in [0.5, 0.6) is 0 Å². The first-order chi connectivity index (χ1) is 17.3. The average Bonchev–Trinajstić information content (AvgIpc) is 3.12. The van der Waals surface area contributed by atoms with Gasteiger partial charge in [-0.15, -0.1) is 0 Å². The van der Waals surface area contributed by atoms with Crippen LogP contribution < -0.4 is 4.90 Å². The minimum atomic E-state index is 0.0864. The van der Waals surface area contributed by atoms with Gasteiger partial charge < -0.3 is 14.4 Å². The topological polar surface area (TPSA) is 45.6 Å². The van der Waals surface area contributed by atoms with Crippen LogP contribution >= 0.6 is 11.6 Å². The Hall–Kier alpha value is -2.01. The Bertz CT molecular complexity index is 969. The van der Waals surface area contributed by atoms with Crippen molar-refractivity contribution in [2.24, 2.45) is 0 Å². The van der Waals surface area contributed by atoms with Crippen molar-refractivity contribution in [3.05, 3.63) is 28.9 Å². The average molecular weight is 518 g/mol. The van der Waals surface area contributed by atoms with E-state index in [1.165, 1.54) is 32.1 Å². The summed E-state index contributed by atoms with van der Waals surface area (Å²) in [6.45, 7) is 10.5. The normalized spacial score (nSPS) is 11.3. The van der Waals surface area contributed by atoms with E-state index in [2.05, 4.69) is 31.4 Å². The molecule has 0 atom stereocenters. The maximum Gasteiger partial charge on any atom is 0.223 e. The lowest BCUT2D eigenvalue weighted by molar-refractivity contribution is -0.130. The number of anilines is 1. The number of aromatic nitrogens is 1. The van der Waals surface area contributed by atoms with E-state index in [1.54, 1.807) is 6.92 Å². The molecule has 2 rings (SSSR count). The first kappa shape index (κ1) is 30.2. The van der Waals surface area contributed by atoms with Gasteiger partial charge in [0.1, 0.15) is 0 Å². The number of nitrogens with zero attached hydrogens (tertiary/aromatic N) is 3. The van der Waals surface area contributed by atoms with E-state index >= 15 is 0 Å². The van der Waals surface area contributed by atoms with Gasteiger partial charge in [-0.3, -0.25) is 9.59 Å². The van der Waals surface area contributed by atoms with E-state index in [9.17, 15) is 9.59 Å². The number of unbranched alkanes of at least 4 members (excludes halogenated alkanes) is 9. The number of amides is 2. The second-order valence-corrected chi connectivity index (χ2v) is 10.5. The molecule has 0 spiro atoms. The lowest BCUT2D eigenvalue weighted by Gasteiger charge is -2.22. The Morgan fingerprint density at radius 1 is 0.889 bits per heavy atom. The van der Waals surface area contributed by atoms with Gasteiger partial charge in [0.25, 0.3) is 0 Å². The number of hydrogen-bond acceptors (Lipinski definition) is 2. The highest BCUT2D eigenvalue weighted by Gasteiger charge is 2.21. The molecule has 0 aliphatic heterocycles. The van der Waals surface area contributed by atoms with E-state index in [0.29, 0.717) is 17.4 Å². The van der Waals surface area contributed by atoms with Crippen LogP contribution in [0.1, 0.15) is 104 Å². The van der Waals surface area contributed by atoms with Crippen molar-refractivity contribution in [3.8, 4) is 0 Å². The number of carbonyl (C=O) groups excluding carboxylic acids is 2. The maximum atomic E-state index is 12.6. The molecule has 0 fully saturated rings. The Morgan fingerprint density at radius 2 is 1.50 bits per heavy atom. The molecule has 0 radical (unpaired) electrons. The Labute approximate surface area is 224 Å². The smallest absolute Gasteiger partial charge is 0.223 e. The third kappa shape index (κ3) is 8.83. The molecule has 0 saturated carbocycles. The molecule has 0 aliphatic rings. The summed E-state index contributed by atoms with van der Waals surface area (Å²) < 4.78 is 2.26. The molecule has 0 bridgehead atoms. The van der Waals surface area contributed by atoms with Crippen molar-refractivity contribution in [2.45, 2.75) is 111 Å². The molecule has 2 aromatic rings. The lowest BCUT2D eigenvalue weighted by atomic mass is 10.1. The molecule has 0 N–H and O–H groups in total. The maximum absolute atomic E-state index is 12.6. The fourth-order valence-electron chi connectivity index (χ4n) is 5.11. The van der Waals surface area contributed by atoms with E-state index in [1.807, 2.05) is 29.0 Å². The zero-order valence-electron chi connectivity index (χ0n) is 23.4. The fourth-order valence-corrected chi connectivity index (χ4v) is 5.28. The highest BCUT2D eigenvalue weighted by molar-refractivity contribution is 6.31. The summed E-state index contributed by atoms with van der Waals surface area (Å²) in [7, 11) is 1.92. The number of fused-ring (bicyclic) bond motifs is 1. The molecular formula is C30H48ClN3O2. The summed E-state index contributed by atoms with van der Waals surface area (Å²) in [5.74, 6) is 0.379. The highest BCUT2D eigenvalue weighted by atomic mass is 35.5. The predicted octanol–water partition coefficient (Wildman–Crippen LogP) is 8.14. The van der Waals surface area contributed by atoms with Crippen LogP contribution in [-0.4, -0.2) is 41.4 Å². The molecule has 0 unspecified atom stereocenters. The van der Waals surface area contributed by atoms with E-state index in [-0.39, 0.29) is 5.91 Å². The number of halogens is 1. The van der Waals surface area contributed by atoms with Gasteiger partial charge in [-0.25, -0.2) is 0 Å². The second kappa shape index (κ2) is 16.0. The van der Waals surface area contributed by atoms with Gasteiger partial charge in [-0.1, -0.05) is 69.9 Å². The molecular weight excluding hydrogens is 470 g/mol. The molecule has 6 heteroatoms. The SMILES string of the molecule is CCCCN(C)C(=O)CCCCCCCCCCCN(C(C)=O)c1c(C)n(CC)c2ccc(Cl)cc12. The van der Waals surface area contributed by atoms with Gasteiger partial charge in [-0.05, 0) is 51.3 Å². The molecule has 2 amide bonds. The summed E-state index contributed by atoms with van der Waals surface area (Å²) in [6, 6.07) is 5.96. The summed E-state index contributed by atoms with van der Waals surface area (Å²) >= 11 is 6.31. The van der Waals surface area contributed by atoms with Crippen molar-refractivity contribution < 1.29 is 9.59 Å². The molecule has 1 aromatic carbocycles. The summed E-state index contributed by atoms with van der Waals surface area (Å²) in [5.41, 5.74) is 3.27. The fraction of sp³-hybridized carbons (Fsp3) is 0.667. The second-order valence-electron chi connectivity index (χ2n) is 10.1. The number of benzene rings is 1. The molecule has 36 heavy (non-hydrogen) atoms. The Balaban J connectivity index is 1.69. The van der Waals surface area contributed by atoms with Crippen molar-refractivity contribution in [2.75, 3.05) is 25.0 Å². The zero-order valence-corrected chi connectivity index (χ0v) is 24.1. The zero-order chi connectivity index (χ0) is 26.5. The number of rotatable bonds is 17. The van der Waals surface area contributed by atoms with E-state index in [4.69, 9.17) is 11.6 Å². The van der Waals surface area contributed by atoms with Crippen molar-refractivity contribution in [1.82, 2.24) is 9.47 Å². The third-order valence-corrected chi connectivity index (χ3v) is 7.50. The Kier molecular flexibility index (Phi) is 13.4. The van der Waals surface area contributed by atoms with E-state index < -0.39 is 0 Å². The van der Waals surface area contributed by atoms with Crippen molar-refractivity contribution in [1.29, 1.82) is 0 Å². The predicted molar refractivity (Wildman–Crippen MR) is 154 cm³/mol. The van der Waals surface area contributed by atoms with Gasteiger partial charge in [0, 0.05) is 56.1 Å². The van der Waals surface area contributed by atoms with Crippen molar-refractivity contribution in [3.63, 3.8) is 0 Å².